The Kier molecular flexibility index (Phi) is 7.36. The zero-order chi connectivity index (χ0) is 23.6. The number of thioether (sulfide) groups is 2. The molecule has 0 radical (unpaired) electrons. The van der Waals surface area contributed by atoms with E-state index in [9.17, 15) is 19.5 Å². The smallest absolute Gasteiger partial charge is 0.322 e. The van der Waals surface area contributed by atoms with Gasteiger partial charge in [0.1, 0.15) is 29.0 Å². The summed E-state index contributed by atoms with van der Waals surface area (Å²) in [6, 6.07) is -0.779. The largest absolute Gasteiger partial charge is 0.480 e. The summed E-state index contributed by atoms with van der Waals surface area (Å²) in [4.78, 5) is 48.1. The van der Waals surface area contributed by atoms with Gasteiger partial charge in [-0.05, 0) is 19.3 Å². The lowest BCUT2D eigenvalue weighted by Crippen LogP contribution is -2.75. The molecular weight excluding hydrogens is 490 g/mol. The highest BCUT2D eigenvalue weighted by atomic mass is 32.2. The van der Waals surface area contributed by atoms with Crippen LogP contribution in [0.3, 0.4) is 0 Å². The fourth-order valence-corrected chi connectivity index (χ4v) is 7.52. The number of carbonyl (C=O) groups excluding carboxylic acids is 2. The summed E-state index contributed by atoms with van der Waals surface area (Å²) in [5.74, 6) is -0.977. The first-order chi connectivity index (χ1) is 15.8. The summed E-state index contributed by atoms with van der Waals surface area (Å²) >= 11 is 3.86. The Morgan fingerprint density at radius 1 is 1.52 bits per heavy atom. The number of nitrogens with two attached hydrogens (primary N) is 1. The quantitative estimate of drug-likeness (QED) is 0.254. The maximum atomic E-state index is 12.8. The maximum Gasteiger partial charge on any atom is 0.322 e. The molecule has 3 fully saturated rings. The van der Waals surface area contributed by atoms with Crippen LogP contribution in [0.4, 0.5) is 5.13 Å². The lowest BCUT2D eigenvalue weighted by molar-refractivity contribution is -0.151. The van der Waals surface area contributed by atoms with Crippen molar-refractivity contribution < 1.29 is 29.1 Å². The van der Waals surface area contributed by atoms with E-state index in [-0.39, 0.29) is 40.5 Å². The molecule has 11 nitrogen and oxygen atoms in total. The normalized spacial score (nSPS) is 29.7. The summed E-state index contributed by atoms with van der Waals surface area (Å²) in [6.07, 6.45) is 3.08. The van der Waals surface area contributed by atoms with Crippen molar-refractivity contribution in [3.8, 4) is 0 Å². The van der Waals surface area contributed by atoms with Crippen LogP contribution in [0, 0.1) is 0 Å². The minimum Gasteiger partial charge on any atom is -0.480 e. The van der Waals surface area contributed by atoms with Gasteiger partial charge in [0.25, 0.3) is 5.91 Å². The number of rotatable bonds is 8. The highest BCUT2D eigenvalue weighted by molar-refractivity contribution is 8.05. The van der Waals surface area contributed by atoms with Gasteiger partial charge in [-0.15, -0.1) is 34.9 Å². The molecule has 180 valence electrons. The van der Waals surface area contributed by atoms with Crippen molar-refractivity contribution >= 4 is 63.5 Å². The average Bonchev–Trinajstić information content (AvgIpc) is 3.25. The third kappa shape index (κ3) is 4.93. The zero-order valence-corrected chi connectivity index (χ0v) is 20.3. The average molecular weight is 516 g/mol. The summed E-state index contributed by atoms with van der Waals surface area (Å²) < 4.78 is 4.63. The molecule has 3 aliphatic rings. The van der Waals surface area contributed by atoms with Gasteiger partial charge in [0.15, 0.2) is 10.8 Å². The van der Waals surface area contributed by atoms with Crippen molar-refractivity contribution in [3.05, 3.63) is 11.1 Å². The molecule has 0 bridgehead atoms. The van der Waals surface area contributed by atoms with Gasteiger partial charge in [-0.1, -0.05) is 5.16 Å². The lowest BCUT2D eigenvalue weighted by atomic mass is 10.0. The Labute approximate surface area is 202 Å². The topological polar surface area (TPSA) is 156 Å². The number of hydrogen-bond acceptors (Lipinski definition) is 11. The SMILES string of the molecule is CON=C(C(=O)NC1C(=O)N2CC(SCC3CCCCO3)(C(=O)O)CS[C@H]12)c1csc(N)n1. The standard InChI is InChI=1S/C19H25N5O6S3/c1-29-23-12(11-7-31-18(20)21-11)14(25)22-13-15(26)24-8-19(17(27)28,9-32-16(13)24)33-6-10-4-2-3-5-30-10/h7,10,13,16H,2-6,8-9H2,1H3,(H2,20,21)(H,22,25)(H,27,28)/t10?,13?,16-,19?/m1/s1. The van der Waals surface area contributed by atoms with Gasteiger partial charge in [0.05, 0.1) is 6.10 Å². The summed E-state index contributed by atoms with van der Waals surface area (Å²) in [7, 11) is 1.30. The number of anilines is 1. The van der Waals surface area contributed by atoms with Crippen molar-refractivity contribution in [2.45, 2.75) is 41.5 Å². The number of carbonyl (C=O) groups is 3. The summed E-state index contributed by atoms with van der Waals surface area (Å²) in [5, 5.41) is 17.9. The monoisotopic (exact) mass is 515 g/mol. The fourth-order valence-electron chi connectivity index (χ4n) is 3.92. The Bertz CT molecular complexity index is 952. The molecule has 4 N–H and O–H groups in total. The summed E-state index contributed by atoms with van der Waals surface area (Å²) in [5.41, 5.74) is 5.81. The molecule has 2 amide bonds. The molecule has 0 aliphatic carbocycles. The third-order valence-electron chi connectivity index (χ3n) is 5.71. The van der Waals surface area contributed by atoms with Crippen molar-refractivity contribution in [1.82, 2.24) is 15.2 Å². The number of hydrogen-bond donors (Lipinski definition) is 3. The molecule has 3 aliphatic heterocycles. The number of carboxylic acid groups (broad SMARTS) is 1. The number of carboxylic acids is 1. The van der Waals surface area contributed by atoms with E-state index >= 15 is 0 Å². The molecule has 4 heterocycles. The van der Waals surface area contributed by atoms with Crippen LogP contribution in [0.15, 0.2) is 10.5 Å². The van der Waals surface area contributed by atoms with E-state index in [1.165, 1.54) is 35.5 Å². The van der Waals surface area contributed by atoms with E-state index in [0.29, 0.717) is 18.1 Å². The van der Waals surface area contributed by atoms with E-state index in [1.807, 2.05) is 0 Å². The van der Waals surface area contributed by atoms with Gasteiger partial charge in [-0.25, -0.2) is 4.98 Å². The van der Waals surface area contributed by atoms with E-state index in [4.69, 9.17) is 15.3 Å². The maximum absolute atomic E-state index is 12.8. The van der Waals surface area contributed by atoms with Crippen LogP contribution in [0.1, 0.15) is 25.0 Å². The lowest BCUT2D eigenvalue weighted by Gasteiger charge is -2.53. The van der Waals surface area contributed by atoms with Crippen LogP contribution in [0.5, 0.6) is 0 Å². The van der Waals surface area contributed by atoms with E-state index in [1.54, 1.807) is 5.38 Å². The van der Waals surface area contributed by atoms with Gasteiger partial charge in [0, 0.05) is 30.0 Å². The highest BCUT2D eigenvalue weighted by Crippen LogP contribution is 2.44. The molecule has 0 spiro atoms. The number of oxime groups is 1. The van der Waals surface area contributed by atoms with Gasteiger partial charge < -0.3 is 30.6 Å². The van der Waals surface area contributed by atoms with E-state index in [0.717, 1.165) is 30.6 Å². The molecule has 14 heteroatoms. The van der Waals surface area contributed by atoms with Gasteiger partial charge in [0.2, 0.25) is 5.91 Å². The second-order valence-electron chi connectivity index (χ2n) is 7.91. The second-order valence-corrected chi connectivity index (χ2v) is 11.3. The number of thiazole rings is 1. The number of nitrogens with one attached hydrogen (secondary N) is 1. The van der Waals surface area contributed by atoms with Crippen LogP contribution in [0.2, 0.25) is 0 Å². The predicted molar refractivity (Wildman–Crippen MR) is 126 cm³/mol. The number of amides is 2. The van der Waals surface area contributed by atoms with Crippen LogP contribution < -0.4 is 11.1 Å². The van der Waals surface area contributed by atoms with E-state index in [2.05, 4.69) is 15.5 Å². The molecule has 0 saturated carbocycles. The van der Waals surface area contributed by atoms with Gasteiger partial charge >= 0.3 is 5.97 Å². The predicted octanol–water partition coefficient (Wildman–Crippen LogP) is 0.601. The zero-order valence-electron chi connectivity index (χ0n) is 17.9. The molecular formula is C19H25N5O6S3. The first-order valence-electron chi connectivity index (χ1n) is 10.4. The first kappa shape index (κ1) is 24.1. The van der Waals surface area contributed by atoms with Crippen LogP contribution in [0.25, 0.3) is 0 Å². The van der Waals surface area contributed by atoms with Crippen LogP contribution in [-0.2, 0) is 24.0 Å². The molecule has 0 aromatic carbocycles. The molecule has 1 aromatic heterocycles. The number of ether oxygens (including phenoxy) is 1. The summed E-state index contributed by atoms with van der Waals surface area (Å²) in [6.45, 7) is 0.792. The second kappa shape index (κ2) is 10.1. The molecule has 3 unspecified atom stereocenters. The molecule has 4 rings (SSSR count). The number of β-lactam (4-membered cyclic amide) rings is 1. The number of nitrogens with zero attached hydrogens (tertiary/aromatic N) is 3. The highest BCUT2D eigenvalue weighted by Gasteiger charge is 2.58. The number of fused-ring (bicyclic) bond motifs is 1. The molecule has 1 aromatic rings. The number of nitrogen functional groups attached to an aromatic ring is 1. The van der Waals surface area contributed by atoms with Gasteiger partial charge in [-0.3, -0.25) is 14.4 Å². The Morgan fingerprint density at radius 2 is 2.33 bits per heavy atom. The van der Waals surface area contributed by atoms with Crippen molar-refractivity contribution in [3.63, 3.8) is 0 Å². The van der Waals surface area contributed by atoms with Crippen molar-refractivity contribution in [2.75, 3.05) is 37.5 Å². The Hall–Kier alpha value is -2.03. The number of aliphatic carboxylic acids is 1. The third-order valence-corrected chi connectivity index (χ3v) is 9.64. The minimum atomic E-state index is -1.10. The number of aromatic nitrogens is 1. The molecule has 4 atom stereocenters. The Morgan fingerprint density at radius 3 is 2.97 bits per heavy atom. The van der Waals surface area contributed by atoms with Crippen molar-refractivity contribution in [1.29, 1.82) is 0 Å². The van der Waals surface area contributed by atoms with Crippen molar-refractivity contribution in [2.24, 2.45) is 5.16 Å². The van der Waals surface area contributed by atoms with E-state index < -0.39 is 22.7 Å². The van der Waals surface area contributed by atoms with Crippen LogP contribution in [-0.4, -0.2) is 92.5 Å². The Balaban J connectivity index is 1.39. The molecule has 33 heavy (non-hydrogen) atoms. The first-order valence-corrected chi connectivity index (χ1v) is 13.3. The van der Waals surface area contributed by atoms with Crippen LogP contribution >= 0.6 is 34.9 Å². The minimum absolute atomic E-state index is 0.0417. The van der Waals surface area contributed by atoms with Gasteiger partial charge in [-0.2, -0.15) is 0 Å². The molecule has 3 saturated heterocycles. The fraction of sp³-hybridized carbons (Fsp3) is 0.632.